The van der Waals surface area contributed by atoms with Crippen LogP contribution in [0.25, 0.3) is 0 Å². The summed E-state index contributed by atoms with van der Waals surface area (Å²) in [5.74, 6) is 0.140. The van der Waals surface area contributed by atoms with Gasteiger partial charge >= 0.3 is 0 Å². The summed E-state index contributed by atoms with van der Waals surface area (Å²) in [7, 11) is 0. The van der Waals surface area contributed by atoms with E-state index in [1.54, 1.807) is 0 Å². The minimum atomic E-state index is -0.389. The third kappa shape index (κ3) is 1.45. The van der Waals surface area contributed by atoms with Gasteiger partial charge in [-0.2, -0.15) is 0 Å². The van der Waals surface area contributed by atoms with Crippen molar-refractivity contribution in [3.05, 3.63) is 63.6 Å². The van der Waals surface area contributed by atoms with E-state index in [1.807, 2.05) is 18.2 Å². The minimum absolute atomic E-state index is 0.140. The summed E-state index contributed by atoms with van der Waals surface area (Å²) >= 11 is 3.51. The van der Waals surface area contributed by atoms with Gasteiger partial charge in [0.2, 0.25) is 5.91 Å². The first kappa shape index (κ1) is 11.2. The second kappa shape index (κ2) is 3.70. The van der Waals surface area contributed by atoms with Crippen LogP contribution in [-0.4, -0.2) is 5.91 Å². The second-order valence-corrected chi connectivity index (χ2v) is 6.26. The molecule has 1 aliphatic heterocycles. The molecule has 0 saturated carbocycles. The number of carbonyl (C=O) groups excluding carboxylic acids is 1. The SMILES string of the molecule is O=C1Nc2ccccc2C12Cc1ccc(Br)cc1C2. The van der Waals surface area contributed by atoms with Crippen LogP contribution in [0.15, 0.2) is 46.9 Å². The molecule has 1 heterocycles. The molecule has 0 aromatic heterocycles. The van der Waals surface area contributed by atoms with Gasteiger partial charge in [0.15, 0.2) is 0 Å². The zero-order valence-corrected chi connectivity index (χ0v) is 11.8. The van der Waals surface area contributed by atoms with Crippen molar-refractivity contribution < 1.29 is 4.79 Å². The Labute approximate surface area is 120 Å². The Morgan fingerprint density at radius 3 is 2.74 bits per heavy atom. The van der Waals surface area contributed by atoms with Crippen LogP contribution >= 0.6 is 15.9 Å². The maximum atomic E-state index is 12.5. The first-order valence-corrected chi connectivity index (χ1v) is 7.17. The van der Waals surface area contributed by atoms with Crippen LogP contribution < -0.4 is 5.32 Å². The van der Waals surface area contributed by atoms with Gasteiger partial charge in [-0.05, 0) is 47.7 Å². The summed E-state index contributed by atoms with van der Waals surface area (Å²) < 4.78 is 1.08. The molecule has 94 valence electrons. The van der Waals surface area contributed by atoms with E-state index in [0.29, 0.717) is 0 Å². The molecule has 3 heteroatoms. The van der Waals surface area contributed by atoms with Crippen LogP contribution in [0.3, 0.4) is 0 Å². The van der Waals surface area contributed by atoms with Crippen molar-refractivity contribution in [2.75, 3.05) is 5.32 Å². The number of benzene rings is 2. The van der Waals surface area contributed by atoms with E-state index in [2.05, 4.69) is 45.5 Å². The highest BCUT2D eigenvalue weighted by Gasteiger charge is 2.50. The molecule has 0 saturated heterocycles. The highest BCUT2D eigenvalue weighted by atomic mass is 79.9. The summed E-state index contributed by atoms with van der Waals surface area (Å²) in [6.45, 7) is 0. The van der Waals surface area contributed by atoms with Crippen LogP contribution in [0.4, 0.5) is 5.69 Å². The molecular weight excluding hydrogens is 302 g/mol. The molecule has 1 unspecified atom stereocenters. The van der Waals surface area contributed by atoms with Crippen molar-refractivity contribution in [1.29, 1.82) is 0 Å². The first-order chi connectivity index (χ1) is 9.19. The van der Waals surface area contributed by atoms with Gasteiger partial charge in [-0.3, -0.25) is 4.79 Å². The molecule has 1 N–H and O–H groups in total. The van der Waals surface area contributed by atoms with Gasteiger partial charge in [0.25, 0.3) is 0 Å². The Morgan fingerprint density at radius 2 is 1.84 bits per heavy atom. The number of para-hydroxylation sites is 1. The average Bonchev–Trinajstić information content (AvgIpc) is 2.90. The van der Waals surface area contributed by atoms with Crippen molar-refractivity contribution in [3.63, 3.8) is 0 Å². The van der Waals surface area contributed by atoms with Gasteiger partial charge in [0.1, 0.15) is 0 Å². The summed E-state index contributed by atoms with van der Waals surface area (Å²) in [6, 6.07) is 14.4. The lowest BCUT2D eigenvalue weighted by Gasteiger charge is -2.20. The molecule has 0 bridgehead atoms. The fourth-order valence-corrected chi connectivity index (χ4v) is 3.78. The predicted octanol–water partition coefficient (Wildman–Crippen LogP) is 3.44. The maximum Gasteiger partial charge on any atom is 0.235 e. The number of amides is 1. The van der Waals surface area contributed by atoms with E-state index in [1.165, 1.54) is 11.1 Å². The number of halogens is 1. The lowest BCUT2D eigenvalue weighted by molar-refractivity contribution is -0.120. The van der Waals surface area contributed by atoms with E-state index in [4.69, 9.17) is 0 Å². The number of fused-ring (bicyclic) bond motifs is 3. The lowest BCUT2D eigenvalue weighted by Crippen LogP contribution is -2.35. The smallest absolute Gasteiger partial charge is 0.235 e. The number of anilines is 1. The predicted molar refractivity (Wildman–Crippen MR) is 78.3 cm³/mol. The molecule has 4 rings (SSSR count). The maximum absolute atomic E-state index is 12.5. The van der Waals surface area contributed by atoms with Crippen LogP contribution in [0.1, 0.15) is 16.7 Å². The summed E-state index contributed by atoms with van der Waals surface area (Å²) in [5.41, 5.74) is 4.29. The molecular formula is C16H12BrNO. The van der Waals surface area contributed by atoms with E-state index in [9.17, 15) is 4.79 Å². The summed E-state index contributed by atoms with van der Waals surface area (Å²) in [6.07, 6.45) is 1.60. The Kier molecular flexibility index (Phi) is 2.19. The Hall–Kier alpha value is -1.61. The van der Waals surface area contributed by atoms with Crippen molar-refractivity contribution >= 4 is 27.5 Å². The molecule has 2 nitrogen and oxygen atoms in total. The van der Waals surface area contributed by atoms with Crippen molar-refractivity contribution in [3.8, 4) is 0 Å². The van der Waals surface area contributed by atoms with Gasteiger partial charge in [-0.1, -0.05) is 40.2 Å². The molecule has 2 aliphatic rings. The van der Waals surface area contributed by atoms with Crippen LogP contribution in [0.5, 0.6) is 0 Å². The number of nitrogens with one attached hydrogen (secondary N) is 1. The Bertz CT molecular complexity index is 710. The quantitative estimate of drug-likeness (QED) is 0.793. The number of hydrogen-bond acceptors (Lipinski definition) is 1. The van der Waals surface area contributed by atoms with Gasteiger partial charge in [0, 0.05) is 10.2 Å². The van der Waals surface area contributed by atoms with E-state index in [0.717, 1.165) is 28.6 Å². The monoisotopic (exact) mass is 313 g/mol. The molecule has 1 atom stereocenters. The lowest BCUT2D eigenvalue weighted by atomic mass is 9.79. The first-order valence-electron chi connectivity index (χ1n) is 6.37. The van der Waals surface area contributed by atoms with Crippen LogP contribution in [0, 0.1) is 0 Å². The molecule has 2 aromatic rings. The Balaban J connectivity index is 1.88. The van der Waals surface area contributed by atoms with Gasteiger partial charge < -0.3 is 5.32 Å². The standard InChI is InChI=1S/C16H12BrNO/c17-12-6-5-10-8-16(9-11(10)7-12)13-3-1-2-4-14(13)18-15(16)19/h1-7H,8-9H2,(H,18,19). The molecule has 1 spiro atoms. The van der Waals surface area contributed by atoms with Crippen molar-refractivity contribution in [2.45, 2.75) is 18.3 Å². The average molecular weight is 314 g/mol. The minimum Gasteiger partial charge on any atom is -0.325 e. The normalized spacial score (nSPS) is 23.3. The fourth-order valence-electron chi connectivity index (χ4n) is 3.37. The molecule has 2 aromatic carbocycles. The van der Waals surface area contributed by atoms with Gasteiger partial charge in [-0.25, -0.2) is 0 Å². The number of rotatable bonds is 0. The molecule has 0 fully saturated rings. The third-order valence-corrected chi connectivity index (χ3v) is 4.77. The molecule has 19 heavy (non-hydrogen) atoms. The van der Waals surface area contributed by atoms with Crippen LogP contribution in [0.2, 0.25) is 0 Å². The zero-order valence-electron chi connectivity index (χ0n) is 10.2. The largest absolute Gasteiger partial charge is 0.325 e. The third-order valence-electron chi connectivity index (χ3n) is 4.28. The van der Waals surface area contributed by atoms with Crippen molar-refractivity contribution in [2.24, 2.45) is 0 Å². The van der Waals surface area contributed by atoms with Crippen LogP contribution in [-0.2, 0) is 23.1 Å². The fraction of sp³-hybridized carbons (Fsp3) is 0.188. The highest BCUT2D eigenvalue weighted by Crippen LogP contribution is 2.47. The number of carbonyl (C=O) groups is 1. The molecule has 1 aliphatic carbocycles. The highest BCUT2D eigenvalue weighted by molar-refractivity contribution is 9.10. The summed E-state index contributed by atoms with van der Waals surface area (Å²) in [4.78, 5) is 12.5. The second-order valence-electron chi connectivity index (χ2n) is 5.35. The van der Waals surface area contributed by atoms with Gasteiger partial charge in [-0.15, -0.1) is 0 Å². The molecule has 1 amide bonds. The zero-order chi connectivity index (χ0) is 13.0. The number of hydrogen-bond donors (Lipinski definition) is 1. The molecule has 0 radical (unpaired) electrons. The Morgan fingerprint density at radius 1 is 1.05 bits per heavy atom. The van der Waals surface area contributed by atoms with Gasteiger partial charge in [0.05, 0.1) is 5.41 Å². The topological polar surface area (TPSA) is 29.1 Å². The van der Waals surface area contributed by atoms with E-state index in [-0.39, 0.29) is 11.3 Å². The summed E-state index contributed by atoms with van der Waals surface area (Å²) in [5, 5.41) is 3.03. The van der Waals surface area contributed by atoms with Crippen molar-refractivity contribution in [1.82, 2.24) is 0 Å². The van der Waals surface area contributed by atoms with E-state index >= 15 is 0 Å². The van der Waals surface area contributed by atoms with E-state index < -0.39 is 0 Å².